The number of rotatable bonds is 4. The Morgan fingerprint density at radius 2 is 2.20 bits per heavy atom. The zero-order valence-electron chi connectivity index (χ0n) is 11.7. The monoisotopic (exact) mass is 272 g/mol. The summed E-state index contributed by atoms with van der Waals surface area (Å²) in [4.78, 5) is 11.0. The van der Waals surface area contributed by atoms with Crippen LogP contribution in [-0.4, -0.2) is 19.5 Å². The molecule has 106 valence electrons. The van der Waals surface area contributed by atoms with Crippen molar-refractivity contribution in [3.8, 4) is 0 Å². The van der Waals surface area contributed by atoms with Crippen molar-refractivity contribution in [1.82, 2.24) is 0 Å². The molecule has 0 aliphatic heterocycles. The van der Waals surface area contributed by atoms with Gasteiger partial charge in [0, 0.05) is 12.3 Å². The largest absolute Gasteiger partial charge is 0.493 e. The minimum absolute atomic E-state index is 0.0894. The molecule has 0 N–H and O–H groups in total. The Morgan fingerprint density at radius 1 is 1.30 bits per heavy atom. The molecule has 0 spiro atoms. The standard InChI is InChI=1S/C17H20O3/c1-19-16-7-6-12(11-18)8-17(16)20-15-9-13-4-2-3-5-14(13)10-15/h2-4,7-8,11-12,14-15H,5-6,9-10H2,1H3. The summed E-state index contributed by atoms with van der Waals surface area (Å²) in [6, 6.07) is 0. The number of allylic oxidation sites excluding steroid dienone is 5. The molecule has 0 aromatic carbocycles. The number of fused-ring (bicyclic) bond motifs is 1. The van der Waals surface area contributed by atoms with Crippen LogP contribution in [0.3, 0.4) is 0 Å². The average Bonchev–Trinajstić information content (AvgIpc) is 2.89. The molecule has 0 radical (unpaired) electrons. The SMILES string of the molecule is COC1=CCC(C=O)C=C1OC1CC2=CC=CCC2C1. The van der Waals surface area contributed by atoms with Crippen LogP contribution in [0.5, 0.6) is 0 Å². The molecule has 3 aliphatic rings. The quantitative estimate of drug-likeness (QED) is 0.737. The Bertz CT molecular complexity index is 510. The van der Waals surface area contributed by atoms with Gasteiger partial charge in [0.2, 0.25) is 0 Å². The Hall–Kier alpha value is -1.77. The van der Waals surface area contributed by atoms with E-state index in [2.05, 4.69) is 18.2 Å². The van der Waals surface area contributed by atoms with Crippen LogP contribution in [-0.2, 0) is 14.3 Å². The van der Waals surface area contributed by atoms with Crippen molar-refractivity contribution in [2.24, 2.45) is 11.8 Å². The van der Waals surface area contributed by atoms with E-state index in [0.29, 0.717) is 12.3 Å². The van der Waals surface area contributed by atoms with Gasteiger partial charge in [0.25, 0.3) is 0 Å². The van der Waals surface area contributed by atoms with Crippen molar-refractivity contribution in [2.45, 2.75) is 31.8 Å². The third-order valence-corrected chi connectivity index (χ3v) is 4.27. The fraction of sp³-hybridized carbons (Fsp3) is 0.471. The lowest BCUT2D eigenvalue weighted by Crippen LogP contribution is -2.15. The van der Waals surface area contributed by atoms with Gasteiger partial charge in [-0.25, -0.2) is 0 Å². The summed E-state index contributed by atoms with van der Waals surface area (Å²) in [5.41, 5.74) is 1.49. The highest BCUT2D eigenvalue weighted by molar-refractivity contribution is 5.58. The molecule has 0 amide bonds. The Balaban J connectivity index is 1.69. The molecule has 3 atom stereocenters. The van der Waals surface area contributed by atoms with Crippen molar-refractivity contribution in [1.29, 1.82) is 0 Å². The molecule has 3 nitrogen and oxygen atoms in total. The lowest BCUT2D eigenvalue weighted by Gasteiger charge is -2.22. The molecule has 0 bridgehead atoms. The second-order valence-corrected chi connectivity index (χ2v) is 5.62. The van der Waals surface area contributed by atoms with E-state index in [1.807, 2.05) is 12.2 Å². The van der Waals surface area contributed by atoms with Crippen molar-refractivity contribution in [3.05, 3.63) is 47.5 Å². The molecule has 3 heteroatoms. The third-order valence-electron chi connectivity index (χ3n) is 4.27. The summed E-state index contributed by atoms with van der Waals surface area (Å²) in [6.07, 6.45) is 15.4. The molecule has 0 aromatic rings. The number of carbonyl (C=O) groups is 1. The van der Waals surface area contributed by atoms with Crippen LogP contribution >= 0.6 is 0 Å². The zero-order chi connectivity index (χ0) is 13.9. The van der Waals surface area contributed by atoms with Crippen molar-refractivity contribution in [2.75, 3.05) is 7.11 Å². The third kappa shape index (κ3) is 2.58. The fourth-order valence-electron chi connectivity index (χ4n) is 3.20. The number of methoxy groups -OCH3 is 1. The molecule has 3 rings (SSSR count). The first-order valence-corrected chi connectivity index (χ1v) is 7.24. The van der Waals surface area contributed by atoms with E-state index in [0.717, 1.165) is 37.1 Å². The predicted octanol–water partition coefficient (Wildman–Crippen LogP) is 3.30. The van der Waals surface area contributed by atoms with Gasteiger partial charge in [0.15, 0.2) is 11.5 Å². The van der Waals surface area contributed by atoms with E-state index in [4.69, 9.17) is 9.47 Å². The molecule has 3 aliphatic carbocycles. The number of aldehydes is 1. The van der Waals surface area contributed by atoms with Gasteiger partial charge in [-0.1, -0.05) is 23.8 Å². The van der Waals surface area contributed by atoms with Crippen molar-refractivity contribution in [3.63, 3.8) is 0 Å². The maximum absolute atomic E-state index is 11.0. The summed E-state index contributed by atoms with van der Waals surface area (Å²) in [5.74, 6) is 2.03. The van der Waals surface area contributed by atoms with E-state index < -0.39 is 0 Å². The maximum Gasteiger partial charge on any atom is 0.158 e. The van der Waals surface area contributed by atoms with Crippen molar-refractivity contribution >= 4 is 6.29 Å². The minimum Gasteiger partial charge on any atom is -0.493 e. The summed E-state index contributed by atoms with van der Waals surface area (Å²) in [7, 11) is 1.64. The van der Waals surface area contributed by atoms with Crippen LogP contribution in [0.25, 0.3) is 0 Å². The predicted molar refractivity (Wildman–Crippen MR) is 76.8 cm³/mol. The second kappa shape index (κ2) is 5.70. The normalized spacial score (nSPS) is 31.9. The lowest BCUT2D eigenvalue weighted by atomic mass is 9.95. The highest BCUT2D eigenvalue weighted by Crippen LogP contribution is 2.39. The first kappa shape index (κ1) is 13.2. The topological polar surface area (TPSA) is 35.5 Å². The van der Waals surface area contributed by atoms with Crippen LogP contribution < -0.4 is 0 Å². The minimum atomic E-state index is -0.0894. The summed E-state index contributed by atoms with van der Waals surface area (Å²) < 4.78 is 11.5. The molecule has 1 saturated carbocycles. The van der Waals surface area contributed by atoms with E-state index in [1.165, 1.54) is 5.57 Å². The van der Waals surface area contributed by atoms with E-state index >= 15 is 0 Å². The smallest absolute Gasteiger partial charge is 0.158 e. The van der Waals surface area contributed by atoms with Gasteiger partial charge >= 0.3 is 0 Å². The Kier molecular flexibility index (Phi) is 3.77. The van der Waals surface area contributed by atoms with Crippen LogP contribution in [0.15, 0.2) is 47.5 Å². The fourth-order valence-corrected chi connectivity index (χ4v) is 3.20. The molecule has 1 fully saturated rings. The van der Waals surface area contributed by atoms with Gasteiger partial charge in [-0.3, -0.25) is 0 Å². The van der Waals surface area contributed by atoms with Crippen LogP contribution in [0, 0.1) is 11.8 Å². The first-order chi connectivity index (χ1) is 9.80. The van der Waals surface area contributed by atoms with Gasteiger partial charge in [-0.05, 0) is 37.3 Å². The Morgan fingerprint density at radius 3 is 2.95 bits per heavy atom. The summed E-state index contributed by atoms with van der Waals surface area (Å²) >= 11 is 0. The van der Waals surface area contributed by atoms with E-state index in [9.17, 15) is 4.79 Å². The number of hydrogen-bond donors (Lipinski definition) is 0. The highest BCUT2D eigenvalue weighted by atomic mass is 16.5. The number of hydrogen-bond acceptors (Lipinski definition) is 3. The molecule has 0 aromatic heterocycles. The molecular formula is C17H20O3. The first-order valence-electron chi connectivity index (χ1n) is 7.24. The molecule has 3 unspecified atom stereocenters. The van der Waals surface area contributed by atoms with Gasteiger partial charge in [-0.2, -0.15) is 0 Å². The summed E-state index contributed by atoms with van der Waals surface area (Å²) in [5, 5.41) is 0. The summed E-state index contributed by atoms with van der Waals surface area (Å²) in [6.45, 7) is 0. The van der Waals surface area contributed by atoms with Gasteiger partial charge in [-0.15, -0.1) is 0 Å². The number of carbonyl (C=O) groups excluding carboxylic acids is 1. The highest BCUT2D eigenvalue weighted by Gasteiger charge is 2.32. The number of ether oxygens (including phenoxy) is 2. The van der Waals surface area contributed by atoms with E-state index in [1.54, 1.807) is 7.11 Å². The van der Waals surface area contributed by atoms with Crippen molar-refractivity contribution < 1.29 is 14.3 Å². The van der Waals surface area contributed by atoms with Gasteiger partial charge < -0.3 is 14.3 Å². The second-order valence-electron chi connectivity index (χ2n) is 5.62. The lowest BCUT2D eigenvalue weighted by molar-refractivity contribution is -0.110. The van der Waals surface area contributed by atoms with Crippen LogP contribution in [0.4, 0.5) is 0 Å². The Labute approximate surface area is 119 Å². The zero-order valence-corrected chi connectivity index (χ0v) is 11.7. The van der Waals surface area contributed by atoms with Crippen LogP contribution in [0.1, 0.15) is 25.7 Å². The average molecular weight is 272 g/mol. The molecule has 0 heterocycles. The maximum atomic E-state index is 11.0. The molecule has 20 heavy (non-hydrogen) atoms. The van der Waals surface area contributed by atoms with Gasteiger partial charge in [0.05, 0.1) is 7.11 Å². The van der Waals surface area contributed by atoms with E-state index in [-0.39, 0.29) is 12.0 Å². The van der Waals surface area contributed by atoms with Crippen LogP contribution in [0.2, 0.25) is 0 Å². The molecular weight excluding hydrogens is 252 g/mol. The van der Waals surface area contributed by atoms with Gasteiger partial charge in [0.1, 0.15) is 12.4 Å². The molecule has 0 saturated heterocycles.